The molecule has 0 saturated heterocycles. The number of hydrogen-bond acceptors (Lipinski definition) is 3. The monoisotopic (exact) mass is 356 g/mol. The molecule has 0 spiro atoms. The normalized spacial score (nSPS) is 20.5. The molecule has 4 heteroatoms. The minimum Gasteiger partial charge on any atom is -0.377 e. The third kappa shape index (κ3) is 4.02. The lowest BCUT2D eigenvalue weighted by molar-refractivity contribution is 0.112. The summed E-state index contributed by atoms with van der Waals surface area (Å²) in [5.41, 5.74) is 1.10. The van der Waals surface area contributed by atoms with Crippen LogP contribution in [0, 0.1) is 0 Å². The van der Waals surface area contributed by atoms with Gasteiger partial charge in [0.1, 0.15) is 0 Å². The molecule has 0 bridgehead atoms. The van der Waals surface area contributed by atoms with E-state index in [1.807, 2.05) is 48.6 Å². The van der Waals surface area contributed by atoms with Gasteiger partial charge in [-0.15, -0.1) is 0 Å². The quantitative estimate of drug-likeness (QED) is 0.540. The predicted molar refractivity (Wildman–Crippen MR) is 100 cm³/mol. The van der Waals surface area contributed by atoms with Crippen LogP contribution in [-0.2, 0) is 21.2 Å². The molecule has 3 nitrogen and oxygen atoms in total. The predicted octanol–water partition coefficient (Wildman–Crippen LogP) is 4.55. The van der Waals surface area contributed by atoms with E-state index in [1.54, 1.807) is 24.3 Å². The fourth-order valence-corrected chi connectivity index (χ4v) is 5.34. The number of sulfone groups is 1. The molecule has 2 aromatic rings. The number of allylic oxidation sites excluding steroid dienone is 1. The highest BCUT2D eigenvalue weighted by Crippen LogP contribution is 2.37. The molecule has 0 amide bonds. The molecule has 0 aliphatic heterocycles. The summed E-state index contributed by atoms with van der Waals surface area (Å²) >= 11 is 0. The molecule has 1 aliphatic rings. The van der Waals surface area contributed by atoms with E-state index in [2.05, 4.69) is 0 Å². The first-order valence-electron chi connectivity index (χ1n) is 8.73. The van der Waals surface area contributed by atoms with E-state index >= 15 is 0 Å². The summed E-state index contributed by atoms with van der Waals surface area (Å²) in [6.45, 7) is 0.928. The van der Waals surface area contributed by atoms with Crippen molar-refractivity contribution < 1.29 is 13.2 Å². The van der Waals surface area contributed by atoms with Gasteiger partial charge in [-0.3, -0.25) is 0 Å². The molecule has 0 N–H and O–H groups in total. The van der Waals surface area contributed by atoms with Crippen molar-refractivity contribution in [2.75, 3.05) is 6.61 Å². The van der Waals surface area contributed by atoms with Crippen molar-refractivity contribution in [2.45, 2.75) is 41.9 Å². The highest BCUT2D eigenvalue weighted by molar-refractivity contribution is 7.93. The zero-order valence-electron chi connectivity index (χ0n) is 14.3. The molecule has 0 saturated carbocycles. The fourth-order valence-electron chi connectivity index (χ4n) is 3.31. The van der Waals surface area contributed by atoms with E-state index in [1.165, 1.54) is 0 Å². The molecular formula is C21H24O3S. The Kier molecular flexibility index (Phi) is 5.71. The molecular weight excluding hydrogens is 332 g/mol. The largest absolute Gasteiger partial charge is 0.377 e. The van der Waals surface area contributed by atoms with Gasteiger partial charge in [-0.25, -0.2) is 8.42 Å². The van der Waals surface area contributed by atoms with E-state index < -0.39 is 14.6 Å². The molecule has 2 aromatic carbocycles. The molecule has 0 fully saturated rings. The minimum absolute atomic E-state index is 0.393. The van der Waals surface area contributed by atoms with E-state index in [0.29, 0.717) is 31.0 Å². The molecule has 0 heterocycles. The minimum atomic E-state index is -3.44. The molecule has 1 unspecified atom stereocenters. The summed E-state index contributed by atoms with van der Waals surface area (Å²) in [5.74, 6) is 0. The molecule has 0 aromatic heterocycles. The fraction of sp³-hybridized carbons (Fsp3) is 0.333. The Bertz CT molecular complexity index is 798. The van der Waals surface area contributed by atoms with E-state index in [9.17, 15) is 8.42 Å². The van der Waals surface area contributed by atoms with Gasteiger partial charge in [0.05, 0.1) is 16.2 Å². The van der Waals surface area contributed by atoms with Gasteiger partial charge in [-0.2, -0.15) is 0 Å². The van der Waals surface area contributed by atoms with Crippen molar-refractivity contribution in [1.29, 1.82) is 0 Å². The average Bonchev–Trinajstić information content (AvgIpc) is 2.67. The maximum absolute atomic E-state index is 13.3. The van der Waals surface area contributed by atoms with E-state index in [0.717, 1.165) is 18.4 Å². The van der Waals surface area contributed by atoms with Gasteiger partial charge < -0.3 is 4.74 Å². The second-order valence-electron chi connectivity index (χ2n) is 6.46. The first-order chi connectivity index (χ1) is 12.1. The summed E-state index contributed by atoms with van der Waals surface area (Å²) in [5, 5.41) is 0. The van der Waals surface area contributed by atoms with Crippen LogP contribution in [0.3, 0.4) is 0 Å². The number of benzene rings is 2. The summed E-state index contributed by atoms with van der Waals surface area (Å²) in [6, 6.07) is 18.7. The Hall–Kier alpha value is -1.91. The second kappa shape index (κ2) is 7.98. The Labute approximate surface area is 150 Å². The van der Waals surface area contributed by atoms with Crippen molar-refractivity contribution in [3.63, 3.8) is 0 Å². The smallest absolute Gasteiger partial charge is 0.187 e. The Morgan fingerprint density at radius 3 is 2.28 bits per heavy atom. The van der Waals surface area contributed by atoms with Crippen LogP contribution in [0.2, 0.25) is 0 Å². The highest BCUT2D eigenvalue weighted by Gasteiger charge is 2.42. The number of hydrogen-bond donors (Lipinski definition) is 0. The highest BCUT2D eigenvalue weighted by atomic mass is 32.2. The Morgan fingerprint density at radius 1 is 0.960 bits per heavy atom. The van der Waals surface area contributed by atoms with Crippen molar-refractivity contribution in [3.05, 3.63) is 78.4 Å². The van der Waals surface area contributed by atoms with Gasteiger partial charge in [0, 0.05) is 6.61 Å². The molecule has 132 valence electrons. The Balaban J connectivity index is 1.73. The molecule has 0 radical (unpaired) electrons. The third-order valence-electron chi connectivity index (χ3n) is 4.76. The van der Waals surface area contributed by atoms with Crippen LogP contribution in [0.15, 0.2) is 77.7 Å². The molecule has 1 atom stereocenters. The van der Waals surface area contributed by atoms with Crippen LogP contribution in [0.4, 0.5) is 0 Å². The first-order valence-corrected chi connectivity index (χ1v) is 10.2. The maximum Gasteiger partial charge on any atom is 0.187 e. The van der Waals surface area contributed by atoms with Crippen LogP contribution in [-0.4, -0.2) is 19.8 Å². The van der Waals surface area contributed by atoms with Crippen molar-refractivity contribution in [3.8, 4) is 0 Å². The SMILES string of the molecule is O=S(=O)(c1ccccc1)C1(CCOCc2ccccc2)C=CCCC1. The van der Waals surface area contributed by atoms with Gasteiger partial charge >= 0.3 is 0 Å². The zero-order chi connectivity index (χ0) is 17.6. The number of ether oxygens (including phenoxy) is 1. The topological polar surface area (TPSA) is 43.4 Å². The van der Waals surface area contributed by atoms with Crippen LogP contribution in [0.25, 0.3) is 0 Å². The zero-order valence-corrected chi connectivity index (χ0v) is 15.1. The van der Waals surface area contributed by atoms with Crippen molar-refractivity contribution in [2.24, 2.45) is 0 Å². The van der Waals surface area contributed by atoms with Gasteiger partial charge in [0.25, 0.3) is 0 Å². The maximum atomic E-state index is 13.3. The van der Waals surface area contributed by atoms with Gasteiger partial charge in [0.15, 0.2) is 9.84 Å². The lowest BCUT2D eigenvalue weighted by atomic mass is 9.92. The molecule has 1 aliphatic carbocycles. The standard InChI is InChI=1S/C21H24O3S/c22-25(23,20-12-6-2-7-13-20)21(14-8-3-9-15-21)16-17-24-18-19-10-4-1-5-11-19/h1-2,4-8,10-14H,3,9,15-18H2. The summed E-state index contributed by atoms with van der Waals surface area (Å²) in [4.78, 5) is 0.393. The first kappa shape index (κ1) is 17.9. The van der Waals surface area contributed by atoms with Gasteiger partial charge in [0.2, 0.25) is 0 Å². The van der Waals surface area contributed by atoms with E-state index in [4.69, 9.17) is 4.74 Å². The van der Waals surface area contributed by atoms with Gasteiger partial charge in [-0.1, -0.05) is 60.7 Å². The summed E-state index contributed by atoms with van der Waals surface area (Å²) < 4.78 is 31.5. The lowest BCUT2D eigenvalue weighted by Gasteiger charge is -2.33. The van der Waals surface area contributed by atoms with Crippen molar-refractivity contribution >= 4 is 9.84 Å². The molecule has 25 heavy (non-hydrogen) atoms. The molecule has 3 rings (SSSR count). The van der Waals surface area contributed by atoms with Crippen LogP contribution in [0.1, 0.15) is 31.2 Å². The summed E-state index contributed by atoms with van der Waals surface area (Å²) in [7, 11) is -3.44. The second-order valence-corrected chi connectivity index (χ2v) is 8.76. The average molecular weight is 356 g/mol. The van der Waals surface area contributed by atoms with Crippen LogP contribution >= 0.6 is 0 Å². The van der Waals surface area contributed by atoms with Crippen LogP contribution in [0.5, 0.6) is 0 Å². The van der Waals surface area contributed by atoms with Crippen molar-refractivity contribution in [1.82, 2.24) is 0 Å². The third-order valence-corrected chi connectivity index (χ3v) is 7.27. The lowest BCUT2D eigenvalue weighted by Crippen LogP contribution is -2.39. The summed E-state index contributed by atoms with van der Waals surface area (Å²) in [6.07, 6.45) is 6.85. The number of rotatable bonds is 7. The van der Waals surface area contributed by atoms with Crippen LogP contribution < -0.4 is 0 Å². The van der Waals surface area contributed by atoms with E-state index in [-0.39, 0.29) is 0 Å². The Morgan fingerprint density at radius 2 is 1.64 bits per heavy atom. The van der Waals surface area contributed by atoms with Gasteiger partial charge in [-0.05, 0) is 43.4 Å².